The largest absolute Gasteiger partial charge is 0.356 e. The van der Waals surface area contributed by atoms with Crippen molar-refractivity contribution in [1.29, 1.82) is 0 Å². The molecule has 2 aromatic rings. The molecule has 0 aliphatic rings. The molecule has 0 fully saturated rings. The lowest BCUT2D eigenvalue weighted by Gasteiger charge is -2.30. The minimum absolute atomic E-state index is 0.273. The summed E-state index contributed by atoms with van der Waals surface area (Å²) >= 11 is 0. The quantitative estimate of drug-likeness (QED) is 0.483. The Morgan fingerprint density at radius 2 is 1.86 bits per heavy atom. The number of nitrogens with one attached hydrogen (secondary N) is 2. The molecule has 0 aliphatic heterocycles. The predicted octanol–water partition coefficient (Wildman–Crippen LogP) is 2.98. The van der Waals surface area contributed by atoms with E-state index in [9.17, 15) is 0 Å². The molecule has 7 heteroatoms. The van der Waals surface area contributed by atoms with E-state index >= 15 is 0 Å². The van der Waals surface area contributed by atoms with Crippen molar-refractivity contribution < 1.29 is 4.52 Å². The number of hydrogen-bond donors (Lipinski definition) is 2. The van der Waals surface area contributed by atoms with Gasteiger partial charge < -0.3 is 15.2 Å². The first kappa shape index (κ1) is 21.9. The summed E-state index contributed by atoms with van der Waals surface area (Å²) < 4.78 is 5.29. The van der Waals surface area contributed by atoms with Gasteiger partial charge in [-0.15, -0.1) is 0 Å². The summed E-state index contributed by atoms with van der Waals surface area (Å²) in [7, 11) is 1.79. The average Bonchev–Trinajstić information content (AvgIpc) is 3.19. The van der Waals surface area contributed by atoms with Gasteiger partial charge in [0.05, 0.1) is 6.04 Å². The first-order valence-corrected chi connectivity index (χ1v) is 10.1. The van der Waals surface area contributed by atoms with Crippen LogP contribution >= 0.6 is 0 Å². The molecule has 1 unspecified atom stereocenters. The molecule has 0 aliphatic carbocycles. The third-order valence-electron chi connectivity index (χ3n) is 4.76. The van der Waals surface area contributed by atoms with Crippen LogP contribution in [0.2, 0.25) is 0 Å². The van der Waals surface area contributed by atoms with Crippen molar-refractivity contribution in [2.24, 2.45) is 4.99 Å². The van der Waals surface area contributed by atoms with Crippen molar-refractivity contribution in [3.8, 4) is 0 Å². The Hall–Kier alpha value is -2.41. The van der Waals surface area contributed by atoms with Crippen LogP contribution in [0.15, 0.2) is 39.8 Å². The molecule has 0 saturated carbocycles. The van der Waals surface area contributed by atoms with Gasteiger partial charge >= 0.3 is 0 Å². The summed E-state index contributed by atoms with van der Waals surface area (Å²) in [5, 5.41) is 10.8. The van der Waals surface area contributed by atoms with Gasteiger partial charge in [-0.25, -0.2) is 0 Å². The molecule has 0 amide bonds. The lowest BCUT2D eigenvalue weighted by atomic mass is 10.1. The third-order valence-corrected chi connectivity index (χ3v) is 4.76. The number of rotatable bonds is 10. The molecule has 7 nitrogen and oxygen atoms in total. The van der Waals surface area contributed by atoms with E-state index in [2.05, 4.69) is 88.7 Å². The molecule has 1 heterocycles. The first-order chi connectivity index (χ1) is 13.6. The van der Waals surface area contributed by atoms with Gasteiger partial charge in [-0.3, -0.25) is 9.89 Å². The fourth-order valence-electron chi connectivity index (χ4n) is 3.10. The van der Waals surface area contributed by atoms with Crippen LogP contribution in [0.1, 0.15) is 56.9 Å². The lowest BCUT2D eigenvalue weighted by Crippen LogP contribution is -2.43. The van der Waals surface area contributed by atoms with E-state index in [0.29, 0.717) is 24.9 Å². The number of aromatic nitrogens is 2. The van der Waals surface area contributed by atoms with Crippen LogP contribution in [0, 0.1) is 0 Å². The van der Waals surface area contributed by atoms with Crippen molar-refractivity contribution in [1.82, 2.24) is 25.7 Å². The Morgan fingerprint density at radius 1 is 1.14 bits per heavy atom. The zero-order valence-corrected chi connectivity index (χ0v) is 17.8. The number of benzene rings is 1. The van der Waals surface area contributed by atoms with Gasteiger partial charge in [-0.2, -0.15) is 4.98 Å². The monoisotopic (exact) mass is 386 g/mol. The summed E-state index contributed by atoms with van der Waals surface area (Å²) in [4.78, 5) is 11.2. The van der Waals surface area contributed by atoms with Crippen LogP contribution in [0.5, 0.6) is 0 Å². The molecule has 0 saturated heterocycles. The summed E-state index contributed by atoms with van der Waals surface area (Å²) in [6, 6.07) is 10.9. The van der Waals surface area contributed by atoms with Gasteiger partial charge in [-0.1, -0.05) is 63.2 Å². The van der Waals surface area contributed by atoms with Gasteiger partial charge in [0.2, 0.25) is 5.89 Å². The average molecular weight is 387 g/mol. The fourth-order valence-corrected chi connectivity index (χ4v) is 3.10. The van der Waals surface area contributed by atoms with E-state index in [4.69, 9.17) is 4.52 Å². The SMILES string of the molecule is CCN(CC)C(CNC(=NC)NCCc1nc(C(C)C)no1)c1ccccc1. The Morgan fingerprint density at radius 3 is 2.43 bits per heavy atom. The second kappa shape index (κ2) is 11.4. The van der Waals surface area contributed by atoms with E-state index in [1.807, 2.05) is 0 Å². The maximum absolute atomic E-state index is 5.29. The van der Waals surface area contributed by atoms with Gasteiger partial charge in [0.15, 0.2) is 11.8 Å². The molecule has 1 aromatic carbocycles. The summed E-state index contributed by atoms with van der Waals surface area (Å²) in [5.41, 5.74) is 1.31. The summed E-state index contributed by atoms with van der Waals surface area (Å²) in [6.07, 6.45) is 0.665. The van der Waals surface area contributed by atoms with Gasteiger partial charge in [0.25, 0.3) is 0 Å². The number of guanidine groups is 1. The standard InChI is InChI=1S/C21H34N6O/c1-6-27(7-2)18(17-11-9-8-10-12-17)15-24-21(22-5)23-14-13-19-25-20(16(3)4)26-28-19/h8-12,16,18H,6-7,13-15H2,1-5H3,(H2,22,23,24). The van der Waals surface area contributed by atoms with Crippen LogP contribution in [-0.4, -0.2) is 54.2 Å². The van der Waals surface area contributed by atoms with Gasteiger partial charge in [0.1, 0.15) is 0 Å². The zero-order chi connectivity index (χ0) is 20.4. The highest BCUT2D eigenvalue weighted by molar-refractivity contribution is 5.79. The highest BCUT2D eigenvalue weighted by atomic mass is 16.5. The molecule has 1 atom stereocenters. The normalized spacial score (nSPS) is 13.2. The third kappa shape index (κ3) is 6.34. The van der Waals surface area contributed by atoms with Crippen LogP contribution in [0.4, 0.5) is 0 Å². The minimum atomic E-state index is 0.273. The van der Waals surface area contributed by atoms with Crippen molar-refractivity contribution >= 4 is 5.96 Å². The molecular weight excluding hydrogens is 352 g/mol. The molecule has 0 bridgehead atoms. The Kier molecular flexibility index (Phi) is 8.94. The molecule has 2 N–H and O–H groups in total. The number of likely N-dealkylation sites (N-methyl/N-ethyl adjacent to an activating group) is 1. The molecule has 0 spiro atoms. The Labute approximate surface area is 168 Å². The maximum atomic E-state index is 5.29. The van der Waals surface area contributed by atoms with Crippen molar-refractivity contribution in [2.45, 2.75) is 46.1 Å². The van der Waals surface area contributed by atoms with E-state index in [1.54, 1.807) is 7.05 Å². The smallest absolute Gasteiger partial charge is 0.228 e. The minimum Gasteiger partial charge on any atom is -0.356 e. The molecule has 28 heavy (non-hydrogen) atoms. The molecule has 0 radical (unpaired) electrons. The van der Waals surface area contributed by atoms with Crippen LogP contribution in [-0.2, 0) is 6.42 Å². The van der Waals surface area contributed by atoms with E-state index in [0.717, 1.165) is 31.4 Å². The number of aliphatic imine (C=N–C) groups is 1. The second-order valence-electron chi connectivity index (χ2n) is 6.98. The number of hydrogen-bond acceptors (Lipinski definition) is 5. The Balaban J connectivity index is 1.89. The summed E-state index contributed by atoms with van der Waals surface area (Å²) in [5.74, 6) is 2.45. The second-order valence-corrected chi connectivity index (χ2v) is 6.98. The van der Waals surface area contributed by atoms with Gasteiger partial charge in [-0.05, 0) is 18.7 Å². The predicted molar refractivity (Wildman–Crippen MR) is 114 cm³/mol. The number of nitrogens with zero attached hydrogens (tertiary/aromatic N) is 4. The van der Waals surface area contributed by atoms with E-state index in [-0.39, 0.29) is 5.92 Å². The lowest BCUT2D eigenvalue weighted by molar-refractivity contribution is 0.219. The van der Waals surface area contributed by atoms with Crippen molar-refractivity contribution in [2.75, 3.05) is 33.2 Å². The summed E-state index contributed by atoms with van der Waals surface area (Å²) in [6.45, 7) is 12.0. The topological polar surface area (TPSA) is 78.6 Å². The first-order valence-electron chi connectivity index (χ1n) is 10.1. The van der Waals surface area contributed by atoms with Crippen LogP contribution in [0.3, 0.4) is 0 Å². The highest BCUT2D eigenvalue weighted by Gasteiger charge is 2.18. The Bertz CT molecular complexity index is 709. The van der Waals surface area contributed by atoms with Crippen molar-refractivity contribution in [3.05, 3.63) is 47.6 Å². The highest BCUT2D eigenvalue weighted by Crippen LogP contribution is 2.19. The van der Waals surface area contributed by atoms with Crippen LogP contribution < -0.4 is 10.6 Å². The van der Waals surface area contributed by atoms with Crippen molar-refractivity contribution in [3.63, 3.8) is 0 Å². The molecule has 154 valence electrons. The fraction of sp³-hybridized carbons (Fsp3) is 0.571. The molecule has 1 aromatic heterocycles. The molecular formula is C21H34N6O. The van der Waals surface area contributed by atoms with Gasteiger partial charge in [0, 0.05) is 32.5 Å². The molecule has 2 rings (SSSR count). The zero-order valence-electron chi connectivity index (χ0n) is 17.8. The van der Waals surface area contributed by atoms with E-state index in [1.165, 1.54) is 5.56 Å². The van der Waals surface area contributed by atoms with E-state index < -0.39 is 0 Å². The maximum Gasteiger partial charge on any atom is 0.228 e. The van der Waals surface area contributed by atoms with Crippen LogP contribution in [0.25, 0.3) is 0 Å².